The lowest BCUT2D eigenvalue weighted by Crippen LogP contribution is -2.51. The maximum Gasteiger partial charge on any atom is 0.251 e. The summed E-state index contributed by atoms with van der Waals surface area (Å²) in [5.41, 5.74) is 1.42. The summed E-state index contributed by atoms with van der Waals surface area (Å²) >= 11 is 6.06. The molecule has 2 aromatic carbocycles. The lowest BCUT2D eigenvalue weighted by molar-refractivity contribution is -0.130. The number of hydrogen-bond donors (Lipinski definition) is 1. The first-order valence-corrected chi connectivity index (χ1v) is 9.67. The molecule has 0 bridgehead atoms. The molecule has 154 valence electrons. The highest BCUT2D eigenvalue weighted by molar-refractivity contribution is 6.30. The fourth-order valence-electron chi connectivity index (χ4n) is 3.20. The fraction of sp³-hybridized carbons (Fsp3) is 0.333. The Hall–Kier alpha value is -2.93. The predicted octanol–water partition coefficient (Wildman–Crippen LogP) is 2.44. The Morgan fingerprint density at radius 3 is 2.24 bits per heavy atom. The monoisotopic (exact) mass is 417 g/mol. The molecule has 0 radical (unpaired) electrons. The van der Waals surface area contributed by atoms with Crippen LogP contribution in [0.1, 0.15) is 10.4 Å². The molecule has 0 aliphatic carbocycles. The molecule has 7 nitrogen and oxygen atoms in total. The van der Waals surface area contributed by atoms with E-state index in [1.807, 2.05) is 24.3 Å². The summed E-state index contributed by atoms with van der Waals surface area (Å²) in [7, 11) is 3.03. The van der Waals surface area contributed by atoms with Crippen molar-refractivity contribution in [3.63, 3.8) is 0 Å². The van der Waals surface area contributed by atoms with Crippen LogP contribution in [0.15, 0.2) is 42.5 Å². The molecular formula is C21H24ClN3O4. The maximum atomic E-state index is 12.5. The lowest BCUT2D eigenvalue weighted by Gasteiger charge is -2.36. The first kappa shape index (κ1) is 20.8. The van der Waals surface area contributed by atoms with Crippen LogP contribution < -0.4 is 19.7 Å². The Labute approximate surface area is 175 Å². The van der Waals surface area contributed by atoms with E-state index in [0.29, 0.717) is 48.3 Å². The highest BCUT2D eigenvalue weighted by atomic mass is 35.5. The van der Waals surface area contributed by atoms with Gasteiger partial charge in [0.2, 0.25) is 5.91 Å². The summed E-state index contributed by atoms with van der Waals surface area (Å²) in [6, 6.07) is 12.6. The van der Waals surface area contributed by atoms with Gasteiger partial charge in [-0.3, -0.25) is 9.59 Å². The van der Waals surface area contributed by atoms with Crippen molar-refractivity contribution in [2.45, 2.75) is 0 Å². The molecule has 0 atom stereocenters. The van der Waals surface area contributed by atoms with E-state index in [2.05, 4.69) is 10.2 Å². The van der Waals surface area contributed by atoms with Crippen LogP contribution >= 0.6 is 11.6 Å². The molecule has 0 unspecified atom stereocenters. The fourth-order valence-corrected chi connectivity index (χ4v) is 3.38. The first-order chi connectivity index (χ1) is 14.0. The molecule has 1 aliphatic heterocycles. The molecule has 2 aromatic rings. The SMILES string of the molecule is COc1cc(OC)cc(C(=O)NCC(=O)N2CCN(c3cccc(Cl)c3)CC2)c1. The number of rotatable bonds is 6. The molecular weight excluding hydrogens is 394 g/mol. The van der Waals surface area contributed by atoms with E-state index in [9.17, 15) is 9.59 Å². The van der Waals surface area contributed by atoms with Crippen molar-refractivity contribution in [1.29, 1.82) is 0 Å². The van der Waals surface area contributed by atoms with Crippen molar-refractivity contribution in [3.05, 3.63) is 53.1 Å². The van der Waals surface area contributed by atoms with Crippen LogP contribution in [0, 0.1) is 0 Å². The Morgan fingerprint density at radius 2 is 1.66 bits per heavy atom. The molecule has 2 amide bonds. The molecule has 1 aliphatic rings. The number of nitrogens with zero attached hydrogens (tertiary/aromatic N) is 2. The Morgan fingerprint density at radius 1 is 1.00 bits per heavy atom. The predicted molar refractivity (Wildman–Crippen MR) is 112 cm³/mol. The summed E-state index contributed by atoms with van der Waals surface area (Å²) in [5, 5.41) is 3.37. The van der Waals surface area contributed by atoms with Gasteiger partial charge in [0.05, 0.1) is 20.8 Å². The number of methoxy groups -OCH3 is 2. The number of nitrogens with one attached hydrogen (secondary N) is 1. The second-order valence-electron chi connectivity index (χ2n) is 6.63. The van der Waals surface area contributed by atoms with E-state index >= 15 is 0 Å². The van der Waals surface area contributed by atoms with Crippen LogP contribution in [0.2, 0.25) is 5.02 Å². The van der Waals surface area contributed by atoms with Crippen molar-refractivity contribution < 1.29 is 19.1 Å². The number of amides is 2. The van der Waals surface area contributed by atoms with Crippen molar-refractivity contribution in [2.75, 3.05) is 51.8 Å². The van der Waals surface area contributed by atoms with Gasteiger partial charge in [-0.25, -0.2) is 0 Å². The zero-order chi connectivity index (χ0) is 20.8. The minimum Gasteiger partial charge on any atom is -0.497 e. The van der Waals surface area contributed by atoms with Gasteiger partial charge in [-0.05, 0) is 30.3 Å². The lowest BCUT2D eigenvalue weighted by atomic mass is 10.2. The second kappa shape index (κ2) is 9.52. The van der Waals surface area contributed by atoms with Gasteiger partial charge in [0.15, 0.2) is 0 Å². The van der Waals surface area contributed by atoms with Crippen LogP contribution in [0.25, 0.3) is 0 Å². The van der Waals surface area contributed by atoms with Crippen molar-refractivity contribution in [1.82, 2.24) is 10.2 Å². The molecule has 29 heavy (non-hydrogen) atoms. The number of benzene rings is 2. The summed E-state index contributed by atoms with van der Waals surface area (Å²) in [5.74, 6) is 0.558. The minimum atomic E-state index is -0.354. The summed E-state index contributed by atoms with van der Waals surface area (Å²) in [4.78, 5) is 28.9. The number of carbonyl (C=O) groups is 2. The van der Waals surface area contributed by atoms with Crippen LogP contribution in [0.5, 0.6) is 11.5 Å². The number of carbonyl (C=O) groups excluding carboxylic acids is 2. The van der Waals surface area contributed by atoms with Gasteiger partial charge < -0.3 is 24.6 Å². The van der Waals surface area contributed by atoms with Gasteiger partial charge in [0.25, 0.3) is 5.91 Å². The third-order valence-corrected chi connectivity index (χ3v) is 5.05. The molecule has 3 rings (SSSR count). The average Bonchev–Trinajstić information content (AvgIpc) is 2.76. The summed E-state index contributed by atoms with van der Waals surface area (Å²) < 4.78 is 10.3. The molecule has 0 aromatic heterocycles. The summed E-state index contributed by atoms with van der Waals surface area (Å²) in [6.45, 7) is 2.55. The Kier molecular flexibility index (Phi) is 6.82. The van der Waals surface area contributed by atoms with Gasteiger partial charge >= 0.3 is 0 Å². The molecule has 1 saturated heterocycles. The molecule has 0 saturated carbocycles. The molecule has 8 heteroatoms. The average molecular weight is 418 g/mol. The largest absolute Gasteiger partial charge is 0.497 e. The van der Waals surface area contributed by atoms with Gasteiger partial charge in [0.1, 0.15) is 11.5 Å². The molecule has 0 spiro atoms. The molecule has 1 fully saturated rings. The standard InChI is InChI=1S/C21H24ClN3O4/c1-28-18-10-15(11-19(13-18)29-2)21(27)23-14-20(26)25-8-6-24(7-9-25)17-5-3-4-16(22)12-17/h3-5,10-13H,6-9,14H2,1-2H3,(H,23,27). The van der Waals surface area contributed by atoms with E-state index in [-0.39, 0.29) is 18.4 Å². The van der Waals surface area contributed by atoms with E-state index in [0.717, 1.165) is 5.69 Å². The maximum absolute atomic E-state index is 12.5. The first-order valence-electron chi connectivity index (χ1n) is 9.29. The van der Waals surface area contributed by atoms with Gasteiger partial charge in [-0.15, -0.1) is 0 Å². The van der Waals surface area contributed by atoms with E-state index in [1.165, 1.54) is 14.2 Å². The molecule has 1 N–H and O–H groups in total. The zero-order valence-corrected chi connectivity index (χ0v) is 17.2. The quantitative estimate of drug-likeness (QED) is 0.781. The van der Waals surface area contributed by atoms with Gasteiger partial charge in [0, 0.05) is 48.5 Å². The van der Waals surface area contributed by atoms with E-state index < -0.39 is 0 Å². The number of anilines is 1. The topological polar surface area (TPSA) is 71.1 Å². The van der Waals surface area contributed by atoms with Gasteiger partial charge in [-0.2, -0.15) is 0 Å². The Balaban J connectivity index is 1.52. The van der Waals surface area contributed by atoms with Gasteiger partial charge in [-0.1, -0.05) is 17.7 Å². The summed E-state index contributed by atoms with van der Waals surface area (Å²) in [6.07, 6.45) is 0. The highest BCUT2D eigenvalue weighted by Crippen LogP contribution is 2.23. The third kappa shape index (κ3) is 5.32. The van der Waals surface area contributed by atoms with Crippen LogP contribution in [0.4, 0.5) is 5.69 Å². The number of halogens is 1. The van der Waals surface area contributed by atoms with Crippen molar-refractivity contribution in [3.8, 4) is 11.5 Å². The van der Waals surface area contributed by atoms with Crippen LogP contribution in [-0.4, -0.2) is 63.7 Å². The number of piperazine rings is 1. The second-order valence-corrected chi connectivity index (χ2v) is 7.07. The minimum absolute atomic E-state index is 0.0600. The zero-order valence-electron chi connectivity index (χ0n) is 16.5. The van der Waals surface area contributed by atoms with E-state index in [4.69, 9.17) is 21.1 Å². The van der Waals surface area contributed by atoms with Crippen molar-refractivity contribution in [2.24, 2.45) is 0 Å². The smallest absolute Gasteiger partial charge is 0.251 e. The number of hydrogen-bond acceptors (Lipinski definition) is 5. The van der Waals surface area contributed by atoms with Crippen molar-refractivity contribution >= 4 is 29.1 Å². The Bertz CT molecular complexity index is 860. The molecule has 1 heterocycles. The van der Waals surface area contributed by atoms with Crippen LogP contribution in [0.3, 0.4) is 0 Å². The normalized spacial score (nSPS) is 13.8. The van der Waals surface area contributed by atoms with E-state index in [1.54, 1.807) is 23.1 Å². The third-order valence-electron chi connectivity index (χ3n) is 4.82. The number of ether oxygens (including phenoxy) is 2. The van der Waals surface area contributed by atoms with Crippen LogP contribution in [-0.2, 0) is 4.79 Å². The highest BCUT2D eigenvalue weighted by Gasteiger charge is 2.22.